The smallest absolute Gasteiger partial charge is 0.132 e. The van der Waals surface area contributed by atoms with Gasteiger partial charge in [-0.1, -0.05) is 23.7 Å². The SMILES string of the molecule is CNCc1c(Cl)cccc1OCc1c(F)cccc1F. The van der Waals surface area contributed by atoms with E-state index in [0.29, 0.717) is 17.3 Å². The van der Waals surface area contributed by atoms with Crippen LogP contribution in [0.4, 0.5) is 8.78 Å². The Balaban J connectivity index is 2.21. The minimum Gasteiger partial charge on any atom is -0.488 e. The molecule has 0 saturated heterocycles. The van der Waals surface area contributed by atoms with E-state index in [1.54, 1.807) is 25.2 Å². The van der Waals surface area contributed by atoms with Crippen LogP contribution in [0.2, 0.25) is 5.02 Å². The summed E-state index contributed by atoms with van der Waals surface area (Å²) in [4.78, 5) is 0. The summed E-state index contributed by atoms with van der Waals surface area (Å²) in [5.41, 5.74) is 0.663. The Hall–Kier alpha value is -1.65. The average molecular weight is 298 g/mol. The van der Waals surface area contributed by atoms with E-state index in [9.17, 15) is 8.78 Å². The van der Waals surface area contributed by atoms with Gasteiger partial charge in [-0.25, -0.2) is 8.78 Å². The molecule has 0 aliphatic carbocycles. The molecule has 2 aromatic rings. The van der Waals surface area contributed by atoms with Crippen LogP contribution in [-0.2, 0) is 13.2 Å². The van der Waals surface area contributed by atoms with Gasteiger partial charge in [0.25, 0.3) is 0 Å². The van der Waals surface area contributed by atoms with E-state index in [-0.39, 0.29) is 12.2 Å². The van der Waals surface area contributed by atoms with Crippen molar-refractivity contribution in [3.8, 4) is 5.75 Å². The van der Waals surface area contributed by atoms with E-state index in [4.69, 9.17) is 16.3 Å². The Morgan fingerprint density at radius 1 is 1.05 bits per heavy atom. The maximum absolute atomic E-state index is 13.5. The lowest BCUT2D eigenvalue weighted by atomic mass is 10.2. The van der Waals surface area contributed by atoms with Crippen molar-refractivity contribution >= 4 is 11.6 Å². The summed E-state index contributed by atoms with van der Waals surface area (Å²) in [7, 11) is 1.78. The minimum absolute atomic E-state index is 0.0946. The van der Waals surface area contributed by atoms with Crippen LogP contribution in [0.3, 0.4) is 0 Å². The Kier molecular flexibility index (Phi) is 4.93. The second-order valence-electron chi connectivity index (χ2n) is 4.24. The molecule has 5 heteroatoms. The molecule has 0 amide bonds. The van der Waals surface area contributed by atoms with Gasteiger partial charge >= 0.3 is 0 Å². The van der Waals surface area contributed by atoms with Crippen LogP contribution < -0.4 is 10.1 Å². The van der Waals surface area contributed by atoms with Crippen molar-refractivity contribution in [2.24, 2.45) is 0 Å². The van der Waals surface area contributed by atoms with Crippen molar-refractivity contribution in [3.63, 3.8) is 0 Å². The fourth-order valence-corrected chi connectivity index (χ4v) is 2.08. The number of ether oxygens (including phenoxy) is 1. The summed E-state index contributed by atoms with van der Waals surface area (Å²) in [6, 6.07) is 8.92. The number of hydrogen-bond acceptors (Lipinski definition) is 2. The largest absolute Gasteiger partial charge is 0.488 e. The molecule has 0 atom stereocenters. The summed E-state index contributed by atoms with van der Waals surface area (Å²) >= 11 is 6.08. The lowest BCUT2D eigenvalue weighted by Crippen LogP contribution is -2.09. The fourth-order valence-electron chi connectivity index (χ4n) is 1.84. The number of hydrogen-bond donors (Lipinski definition) is 1. The maximum atomic E-state index is 13.5. The quantitative estimate of drug-likeness (QED) is 0.903. The topological polar surface area (TPSA) is 21.3 Å². The van der Waals surface area contributed by atoms with E-state index in [1.165, 1.54) is 18.2 Å². The van der Waals surface area contributed by atoms with E-state index < -0.39 is 11.6 Å². The van der Waals surface area contributed by atoms with Crippen LogP contribution in [0.15, 0.2) is 36.4 Å². The summed E-state index contributed by atoms with van der Waals surface area (Å²) in [5, 5.41) is 3.52. The van der Waals surface area contributed by atoms with E-state index >= 15 is 0 Å². The van der Waals surface area contributed by atoms with Gasteiger partial charge in [-0.15, -0.1) is 0 Å². The van der Waals surface area contributed by atoms with Crippen molar-refractivity contribution in [1.82, 2.24) is 5.32 Å². The normalized spacial score (nSPS) is 10.6. The highest BCUT2D eigenvalue weighted by Crippen LogP contribution is 2.27. The average Bonchev–Trinajstić information content (AvgIpc) is 2.42. The molecule has 0 aromatic heterocycles. The molecule has 2 rings (SSSR count). The zero-order valence-electron chi connectivity index (χ0n) is 10.9. The molecule has 2 nitrogen and oxygen atoms in total. The Morgan fingerprint density at radius 2 is 1.70 bits per heavy atom. The van der Waals surface area contributed by atoms with E-state index in [0.717, 1.165) is 5.56 Å². The first-order valence-corrected chi connectivity index (χ1v) is 6.49. The van der Waals surface area contributed by atoms with Crippen LogP contribution in [0.1, 0.15) is 11.1 Å². The van der Waals surface area contributed by atoms with Gasteiger partial charge in [0.2, 0.25) is 0 Å². The molecule has 20 heavy (non-hydrogen) atoms. The molecular weight excluding hydrogens is 284 g/mol. The van der Waals surface area contributed by atoms with Gasteiger partial charge in [-0.2, -0.15) is 0 Å². The van der Waals surface area contributed by atoms with Gasteiger partial charge in [-0.3, -0.25) is 0 Å². The highest BCUT2D eigenvalue weighted by Gasteiger charge is 2.12. The van der Waals surface area contributed by atoms with Crippen LogP contribution in [-0.4, -0.2) is 7.05 Å². The summed E-state index contributed by atoms with van der Waals surface area (Å²) in [5.74, 6) is -0.737. The van der Waals surface area contributed by atoms with Gasteiger partial charge in [-0.05, 0) is 31.3 Å². The van der Waals surface area contributed by atoms with E-state index in [1.807, 2.05) is 0 Å². The van der Waals surface area contributed by atoms with Crippen LogP contribution in [0.5, 0.6) is 5.75 Å². The predicted octanol–water partition coefficient (Wildman–Crippen LogP) is 3.92. The lowest BCUT2D eigenvalue weighted by Gasteiger charge is -2.13. The molecule has 0 unspecified atom stereocenters. The van der Waals surface area contributed by atoms with Gasteiger partial charge < -0.3 is 10.1 Å². The number of benzene rings is 2. The molecule has 0 spiro atoms. The first-order valence-electron chi connectivity index (χ1n) is 6.11. The monoisotopic (exact) mass is 297 g/mol. The number of rotatable bonds is 5. The van der Waals surface area contributed by atoms with Crippen LogP contribution in [0.25, 0.3) is 0 Å². The van der Waals surface area contributed by atoms with Gasteiger partial charge in [0.05, 0.1) is 5.56 Å². The molecular formula is C15H14ClF2NO. The molecule has 0 aliphatic rings. The zero-order valence-corrected chi connectivity index (χ0v) is 11.7. The lowest BCUT2D eigenvalue weighted by molar-refractivity contribution is 0.289. The maximum Gasteiger partial charge on any atom is 0.132 e. The number of nitrogens with one attached hydrogen (secondary N) is 1. The standard InChI is InChI=1S/C15H14ClF2NO/c1-19-8-10-12(16)4-2-7-15(10)20-9-11-13(17)5-3-6-14(11)18/h2-7,19H,8-9H2,1H3. The zero-order chi connectivity index (χ0) is 14.5. The molecule has 106 valence electrons. The molecule has 0 bridgehead atoms. The second kappa shape index (κ2) is 6.68. The summed E-state index contributed by atoms with van der Waals surface area (Å²) in [6.45, 7) is 0.324. The van der Waals surface area contributed by atoms with Gasteiger partial charge in [0.15, 0.2) is 0 Å². The van der Waals surface area contributed by atoms with Crippen molar-refractivity contribution in [2.45, 2.75) is 13.2 Å². The third-order valence-electron chi connectivity index (χ3n) is 2.86. The molecule has 0 heterocycles. The number of halogens is 3. The highest BCUT2D eigenvalue weighted by molar-refractivity contribution is 6.31. The van der Waals surface area contributed by atoms with Crippen molar-refractivity contribution in [2.75, 3.05) is 7.05 Å². The second-order valence-corrected chi connectivity index (χ2v) is 4.64. The van der Waals surface area contributed by atoms with Gasteiger partial charge in [0, 0.05) is 17.1 Å². The molecule has 0 radical (unpaired) electrons. The Bertz CT molecular complexity index is 584. The Morgan fingerprint density at radius 3 is 2.35 bits per heavy atom. The van der Waals surface area contributed by atoms with E-state index in [2.05, 4.69) is 5.32 Å². The first-order chi connectivity index (χ1) is 9.63. The molecule has 0 saturated carbocycles. The molecule has 0 aliphatic heterocycles. The molecule has 1 N–H and O–H groups in total. The summed E-state index contributed by atoms with van der Waals surface area (Å²) in [6.07, 6.45) is 0. The van der Waals surface area contributed by atoms with Gasteiger partial charge in [0.1, 0.15) is 24.0 Å². The third-order valence-corrected chi connectivity index (χ3v) is 3.22. The minimum atomic E-state index is -0.623. The van der Waals surface area contributed by atoms with Crippen LogP contribution in [0, 0.1) is 11.6 Å². The Labute approximate surface area is 121 Å². The van der Waals surface area contributed by atoms with Crippen molar-refractivity contribution in [3.05, 3.63) is 64.2 Å². The van der Waals surface area contributed by atoms with Crippen molar-refractivity contribution < 1.29 is 13.5 Å². The molecule has 2 aromatic carbocycles. The first kappa shape index (κ1) is 14.8. The third kappa shape index (κ3) is 3.26. The molecule has 0 fully saturated rings. The predicted molar refractivity (Wildman–Crippen MR) is 74.9 cm³/mol. The fraction of sp³-hybridized carbons (Fsp3) is 0.200. The highest BCUT2D eigenvalue weighted by atomic mass is 35.5. The summed E-state index contributed by atoms with van der Waals surface area (Å²) < 4.78 is 32.6. The van der Waals surface area contributed by atoms with Crippen molar-refractivity contribution in [1.29, 1.82) is 0 Å². The van der Waals surface area contributed by atoms with Crippen LogP contribution >= 0.6 is 11.6 Å².